The second-order valence-corrected chi connectivity index (χ2v) is 5.61. The maximum absolute atomic E-state index is 12.1. The van der Waals surface area contributed by atoms with Gasteiger partial charge in [0, 0.05) is 24.0 Å². The Bertz CT molecular complexity index is 764. The second-order valence-electron chi connectivity index (χ2n) is 5.61. The van der Waals surface area contributed by atoms with Crippen LogP contribution in [0.4, 0.5) is 0 Å². The molecule has 2 nitrogen and oxygen atoms in total. The Balaban J connectivity index is 0.00000110. The quantitative estimate of drug-likeness (QED) is 0.795. The fraction of sp³-hybridized carbons (Fsp3) is 0.474. The maximum atomic E-state index is 12.1. The summed E-state index contributed by atoms with van der Waals surface area (Å²) in [6.45, 7) is 8.07. The molecule has 3 rings (SSSR count). The topological polar surface area (TPSA) is 34.1 Å². The van der Waals surface area contributed by atoms with Gasteiger partial charge in [-0.2, -0.15) is 0 Å². The van der Waals surface area contributed by atoms with Gasteiger partial charge in [-0.3, -0.25) is 9.59 Å². The van der Waals surface area contributed by atoms with Gasteiger partial charge in [-0.25, -0.2) is 0 Å². The van der Waals surface area contributed by atoms with Gasteiger partial charge in [-0.05, 0) is 59.9 Å². The molecule has 0 aliphatic heterocycles. The number of benzene rings is 1. The first kappa shape index (κ1) is 17.4. The zero-order valence-electron chi connectivity index (χ0n) is 11.9. The summed E-state index contributed by atoms with van der Waals surface area (Å²) in [6, 6.07) is 0. The molecule has 0 unspecified atom stereocenters. The zero-order chi connectivity index (χ0) is 13.9. The Hall–Kier alpha value is -1.70. The molecule has 0 N–H and O–H groups in total. The van der Waals surface area contributed by atoms with Gasteiger partial charge < -0.3 is 0 Å². The van der Waals surface area contributed by atoms with E-state index in [1.54, 1.807) is 0 Å². The van der Waals surface area contributed by atoms with Crippen LogP contribution >= 0.6 is 0 Å². The third kappa shape index (κ3) is 2.08. The fourth-order valence-corrected chi connectivity index (χ4v) is 3.70. The number of fused-ring (bicyclic) bond motifs is 2. The molecule has 0 saturated heterocycles. The van der Waals surface area contributed by atoms with Crippen LogP contribution in [0.1, 0.15) is 57.4 Å². The minimum atomic E-state index is 0. The number of hydrogen-bond donors (Lipinski definition) is 0. The van der Waals surface area contributed by atoms with Gasteiger partial charge in [0.05, 0.1) is 0 Å². The van der Waals surface area contributed by atoms with Crippen molar-refractivity contribution >= 4 is 22.7 Å². The normalized spacial score (nSPS) is 15.6. The number of rotatable bonds is 1. The predicted molar refractivity (Wildman–Crippen MR) is 88.8 cm³/mol. The van der Waals surface area contributed by atoms with E-state index in [0.717, 1.165) is 50.3 Å². The molecule has 21 heavy (non-hydrogen) atoms. The summed E-state index contributed by atoms with van der Waals surface area (Å²) in [5, 5.41) is 2.26. The molecule has 0 saturated carbocycles. The summed E-state index contributed by atoms with van der Waals surface area (Å²) in [6.07, 6.45) is 1.80. The van der Waals surface area contributed by atoms with E-state index in [-0.39, 0.29) is 26.4 Å². The van der Waals surface area contributed by atoms with E-state index >= 15 is 0 Å². The molecule has 2 heteroatoms. The van der Waals surface area contributed by atoms with Gasteiger partial charge in [-0.1, -0.05) is 21.8 Å². The monoisotopic (exact) mass is 286 g/mol. The first-order valence-electron chi connectivity index (χ1n) is 6.88. The van der Waals surface area contributed by atoms with E-state index in [0.29, 0.717) is 12.8 Å². The van der Waals surface area contributed by atoms with Crippen molar-refractivity contribution in [1.29, 1.82) is 0 Å². The van der Waals surface area contributed by atoms with Gasteiger partial charge in [0.1, 0.15) is 0 Å². The van der Waals surface area contributed by atoms with Crippen LogP contribution in [-0.2, 0) is 22.4 Å². The molecule has 2 aliphatic carbocycles. The van der Waals surface area contributed by atoms with Gasteiger partial charge in [-0.15, -0.1) is 0 Å². The molecule has 0 fully saturated rings. The molecular weight excluding hydrogens is 260 g/mol. The van der Waals surface area contributed by atoms with Gasteiger partial charge in [0.25, 0.3) is 0 Å². The van der Waals surface area contributed by atoms with Gasteiger partial charge >= 0.3 is 0 Å². The first-order valence-corrected chi connectivity index (χ1v) is 6.88. The van der Waals surface area contributed by atoms with Crippen LogP contribution in [0.15, 0.2) is 0 Å². The van der Waals surface area contributed by atoms with E-state index in [1.165, 1.54) is 0 Å². The average molecular weight is 286 g/mol. The standard InChI is InChI=1S/C17H18O2.2CH4/c1-5-11-15(19)7-13-8(2)16-10(4)14(18)6-12(16)9(3)17(11)13;;/h5-7H2,1-4H3;2*1H4. The molecule has 1 aromatic carbocycles. The third-order valence-corrected chi connectivity index (χ3v) is 4.72. The number of carbonyl (C=O) groups excluding carboxylic acids is 2. The molecule has 0 spiro atoms. The lowest BCUT2D eigenvalue weighted by Crippen LogP contribution is -2.25. The first-order chi connectivity index (χ1) is 8.97. The van der Waals surface area contributed by atoms with E-state index in [1.807, 2.05) is 13.8 Å². The summed E-state index contributed by atoms with van der Waals surface area (Å²) >= 11 is 0. The molecule has 2 aliphatic rings. The lowest BCUT2D eigenvalue weighted by molar-refractivity contribution is -0.113. The molecule has 0 bridgehead atoms. The number of Topliss-reactive ketones (excluding diaryl/α,β-unsaturated/α-hetero) is 2. The number of hydrogen-bond acceptors (Lipinski definition) is 2. The van der Waals surface area contributed by atoms with Crippen LogP contribution in [0.3, 0.4) is 0 Å². The second kappa shape index (κ2) is 5.59. The average Bonchev–Trinajstić information content (AvgIpc) is 2.86. The summed E-state index contributed by atoms with van der Waals surface area (Å²) in [5.41, 5.74) is 6.44. The highest BCUT2D eigenvalue weighted by molar-refractivity contribution is 6.20. The van der Waals surface area contributed by atoms with Crippen molar-refractivity contribution in [1.82, 2.24) is 0 Å². The fourth-order valence-electron chi connectivity index (χ4n) is 3.70. The zero-order valence-corrected chi connectivity index (χ0v) is 11.9. The minimum absolute atomic E-state index is 0. The van der Waals surface area contributed by atoms with Crippen molar-refractivity contribution in [2.75, 3.05) is 0 Å². The SMILES string of the molecule is C.C.CCC1=c2c(C)c3c(c(C)c2CC1=O)=C(C)C(=O)C3. The summed E-state index contributed by atoms with van der Waals surface area (Å²) < 4.78 is 0. The lowest BCUT2D eigenvalue weighted by atomic mass is 9.94. The van der Waals surface area contributed by atoms with Crippen LogP contribution in [-0.4, -0.2) is 11.6 Å². The Morgan fingerprint density at radius 2 is 1.29 bits per heavy atom. The summed E-state index contributed by atoms with van der Waals surface area (Å²) in [7, 11) is 0. The third-order valence-electron chi connectivity index (χ3n) is 4.72. The van der Waals surface area contributed by atoms with Crippen molar-refractivity contribution < 1.29 is 9.59 Å². The van der Waals surface area contributed by atoms with Crippen LogP contribution in [0.2, 0.25) is 0 Å². The van der Waals surface area contributed by atoms with Crippen molar-refractivity contribution in [2.24, 2.45) is 0 Å². The highest BCUT2D eigenvalue weighted by Gasteiger charge is 2.28. The molecule has 0 radical (unpaired) electrons. The Labute approximate surface area is 127 Å². The highest BCUT2D eigenvalue weighted by atomic mass is 16.1. The molecule has 0 amide bonds. The molecule has 0 heterocycles. The smallest absolute Gasteiger partial charge is 0.163 e. The highest BCUT2D eigenvalue weighted by Crippen LogP contribution is 2.22. The van der Waals surface area contributed by atoms with Crippen molar-refractivity contribution in [3.05, 3.63) is 32.7 Å². The minimum Gasteiger partial charge on any atom is -0.294 e. The van der Waals surface area contributed by atoms with Crippen LogP contribution in [0.25, 0.3) is 11.1 Å². The molecule has 114 valence electrons. The Morgan fingerprint density at radius 1 is 0.810 bits per heavy atom. The lowest BCUT2D eigenvalue weighted by Gasteiger charge is -2.09. The number of ketones is 2. The van der Waals surface area contributed by atoms with Gasteiger partial charge in [0.15, 0.2) is 11.6 Å². The molecule has 0 atom stereocenters. The van der Waals surface area contributed by atoms with E-state index in [4.69, 9.17) is 0 Å². The molecule has 0 aromatic heterocycles. The predicted octanol–water partition coefficient (Wildman–Crippen LogP) is 2.56. The summed E-state index contributed by atoms with van der Waals surface area (Å²) in [5.74, 6) is 0.491. The summed E-state index contributed by atoms with van der Waals surface area (Å²) in [4.78, 5) is 24.1. The number of carbonyl (C=O) groups is 2. The van der Waals surface area contributed by atoms with Gasteiger partial charge in [0.2, 0.25) is 0 Å². The Morgan fingerprint density at radius 3 is 1.86 bits per heavy atom. The molecule has 1 aromatic rings. The van der Waals surface area contributed by atoms with Crippen LogP contribution in [0.5, 0.6) is 0 Å². The van der Waals surface area contributed by atoms with E-state index in [9.17, 15) is 9.59 Å². The van der Waals surface area contributed by atoms with Crippen LogP contribution < -0.4 is 10.4 Å². The van der Waals surface area contributed by atoms with Crippen molar-refractivity contribution in [2.45, 2.75) is 61.8 Å². The van der Waals surface area contributed by atoms with E-state index < -0.39 is 0 Å². The van der Waals surface area contributed by atoms with Crippen molar-refractivity contribution in [3.63, 3.8) is 0 Å². The molecular formula is C19H26O2. The maximum Gasteiger partial charge on any atom is 0.163 e. The van der Waals surface area contributed by atoms with Crippen LogP contribution in [0, 0.1) is 13.8 Å². The van der Waals surface area contributed by atoms with Crippen molar-refractivity contribution in [3.8, 4) is 0 Å². The Kier molecular flexibility index (Phi) is 4.62. The largest absolute Gasteiger partial charge is 0.294 e. The van der Waals surface area contributed by atoms with E-state index in [2.05, 4.69) is 13.8 Å².